The second kappa shape index (κ2) is 15.9. The molecule has 2 heterocycles. The number of aromatic amines is 1. The predicted molar refractivity (Wildman–Crippen MR) is 192 cm³/mol. The van der Waals surface area contributed by atoms with Gasteiger partial charge < -0.3 is 18.9 Å². The maximum absolute atomic E-state index is 13.0. The van der Waals surface area contributed by atoms with Gasteiger partial charge in [0.15, 0.2) is 0 Å². The summed E-state index contributed by atoms with van der Waals surface area (Å²) in [7, 11) is 1.39. The van der Waals surface area contributed by atoms with Gasteiger partial charge in [-0.15, -0.1) is 0 Å². The van der Waals surface area contributed by atoms with Gasteiger partial charge in [0.05, 0.1) is 24.9 Å². The fourth-order valence-corrected chi connectivity index (χ4v) is 7.97. The van der Waals surface area contributed by atoms with Crippen LogP contribution in [-0.4, -0.2) is 69.2 Å². The minimum Gasteiger partial charge on any atom is -0.497 e. The van der Waals surface area contributed by atoms with E-state index in [0.29, 0.717) is 12.1 Å². The Balaban J connectivity index is 1.55. The van der Waals surface area contributed by atoms with E-state index in [2.05, 4.69) is 79.4 Å². The molecule has 1 aliphatic heterocycles. The first kappa shape index (κ1) is 36.6. The summed E-state index contributed by atoms with van der Waals surface area (Å²) in [5.74, 6) is 0.744. The van der Waals surface area contributed by atoms with Gasteiger partial charge in [0, 0.05) is 43.9 Å². The molecule has 1 fully saturated rings. The highest BCUT2D eigenvalue weighted by Crippen LogP contribution is 2.45. The molecule has 3 aromatic carbocycles. The molecule has 11 nitrogen and oxygen atoms in total. The maximum Gasteiger partial charge on any atom is 0.330 e. The van der Waals surface area contributed by atoms with Gasteiger partial charge in [-0.25, -0.2) is 9.80 Å². The van der Waals surface area contributed by atoms with Crippen LogP contribution in [0.3, 0.4) is 0 Å². The molecule has 3 N–H and O–H groups in total. The second-order valence-electron chi connectivity index (χ2n) is 12.9. The van der Waals surface area contributed by atoms with E-state index >= 15 is 0 Å². The largest absolute Gasteiger partial charge is 0.497 e. The zero-order valence-electron chi connectivity index (χ0n) is 29.2. The fourth-order valence-electron chi connectivity index (χ4n) is 6.78. The van der Waals surface area contributed by atoms with Crippen LogP contribution < -0.4 is 21.3 Å². The van der Waals surface area contributed by atoms with Gasteiger partial charge in [-0.2, -0.15) is 4.78 Å². The summed E-state index contributed by atoms with van der Waals surface area (Å²) < 4.78 is 21.7. The lowest BCUT2D eigenvalue weighted by molar-refractivity contribution is -0.0289. The van der Waals surface area contributed by atoms with Crippen LogP contribution in [0.4, 0.5) is 0 Å². The number of hydrogen-bond acceptors (Lipinski definition) is 9. The van der Waals surface area contributed by atoms with Crippen molar-refractivity contribution in [1.29, 1.82) is 0 Å². The van der Waals surface area contributed by atoms with Crippen molar-refractivity contribution < 1.29 is 18.9 Å². The molecule has 12 heteroatoms. The quantitative estimate of drug-likeness (QED) is 0.0922. The number of ether oxygens (including phenoxy) is 2. The van der Waals surface area contributed by atoms with E-state index in [9.17, 15) is 14.5 Å². The molecule has 4 aromatic rings. The van der Waals surface area contributed by atoms with Gasteiger partial charge in [0.25, 0.3) is 14.1 Å². The molecule has 1 aromatic heterocycles. The number of nitrogens with zero attached hydrogens (tertiary/aromatic N) is 3. The van der Waals surface area contributed by atoms with Crippen LogP contribution in [0.15, 0.2) is 101 Å². The molecule has 1 aliphatic rings. The standard InChI is InChI=1S/C37H48N5O6P/c1-25(2)42(26(3)4)40(6)49(45)48-32-22-34(41-24-27(5)35(43)39-36(41)44)47-33(32)23-38-37(28-14-10-8-11-15-28,29-16-12-9-13-17-29)30-18-20-31(46-7)21-19-30/h8-21,24-26,32-34,38,45H,22-23H2,1-7H3,(H,39,43,44)/t32-,33+,34+,49?/m0/s1. The number of methoxy groups -OCH3 is 1. The molecule has 1 unspecified atom stereocenters. The summed E-state index contributed by atoms with van der Waals surface area (Å²) in [5, 5.41) is 5.94. The summed E-state index contributed by atoms with van der Waals surface area (Å²) in [5.41, 5.74) is 1.57. The van der Waals surface area contributed by atoms with Crippen molar-refractivity contribution in [2.75, 3.05) is 20.7 Å². The summed E-state index contributed by atoms with van der Waals surface area (Å²) in [4.78, 5) is 39.1. The van der Waals surface area contributed by atoms with Crippen molar-refractivity contribution in [3.63, 3.8) is 0 Å². The molecule has 0 amide bonds. The Morgan fingerprint density at radius 2 is 1.51 bits per heavy atom. The van der Waals surface area contributed by atoms with Crippen molar-refractivity contribution in [2.24, 2.45) is 0 Å². The van der Waals surface area contributed by atoms with Gasteiger partial charge in [0.2, 0.25) is 0 Å². The normalized spacial score (nSPS) is 18.9. The van der Waals surface area contributed by atoms with Crippen LogP contribution in [0.5, 0.6) is 5.75 Å². The van der Waals surface area contributed by atoms with Crippen LogP contribution in [0.1, 0.15) is 62.6 Å². The van der Waals surface area contributed by atoms with Crippen molar-refractivity contribution in [3.8, 4) is 5.75 Å². The zero-order valence-corrected chi connectivity index (χ0v) is 30.1. The molecule has 0 bridgehead atoms. The Morgan fingerprint density at radius 1 is 0.959 bits per heavy atom. The average Bonchev–Trinajstić information content (AvgIpc) is 3.49. The predicted octanol–water partition coefficient (Wildman–Crippen LogP) is 5.29. The van der Waals surface area contributed by atoms with E-state index in [4.69, 9.17) is 14.0 Å². The van der Waals surface area contributed by atoms with Gasteiger partial charge in [-0.1, -0.05) is 72.8 Å². The molecule has 4 atom stereocenters. The molecular formula is C37H48N5O6P. The molecule has 49 heavy (non-hydrogen) atoms. The van der Waals surface area contributed by atoms with Crippen molar-refractivity contribution in [2.45, 2.75) is 77.1 Å². The Morgan fingerprint density at radius 3 is 2.04 bits per heavy atom. The van der Waals surface area contributed by atoms with E-state index in [-0.39, 0.29) is 18.5 Å². The molecule has 0 spiro atoms. The topological polar surface area (TPSA) is 121 Å². The van der Waals surface area contributed by atoms with Crippen molar-refractivity contribution in [1.82, 2.24) is 24.7 Å². The van der Waals surface area contributed by atoms with E-state index < -0.39 is 43.7 Å². The summed E-state index contributed by atoms with van der Waals surface area (Å²) >= 11 is 0. The van der Waals surface area contributed by atoms with E-state index in [1.165, 1.54) is 10.8 Å². The third-order valence-corrected chi connectivity index (χ3v) is 10.2. The number of aromatic nitrogens is 2. The van der Waals surface area contributed by atoms with E-state index in [1.807, 2.05) is 55.6 Å². The average molecular weight is 690 g/mol. The number of nitrogens with one attached hydrogen (secondary N) is 2. The van der Waals surface area contributed by atoms with Gasteiger partial charge in [-0.3, -0.25) is 19.7 Å². The first-order valence-corrected chi connectivity index (χ1v) is 17.8. The highest BCUT2D eigenvalue weighted by Gasteiger charge is 2.43. The van der Waals surface area contributed by atoms with Crippen LogP contribution in [-0.2, 0) is 14.8 Å². The van der Waals surface area contributed by atoms with Crippen LogP contribution in [0.2, 0.25) is 0 Å². The zero-order chi connectivity index (χ0) is 35.3. The molecule has 1 saturated heterocycles. The highest BCUT2D eigenvalue weighted by molar-refractivity contribution is 7.43. The number of hydrazine groups is 1. The number of hydrogen-bond donors (Lipinski definition) is 3. The van der Waals surface area contributed by atoms with Crippen molar-refractivity contribution >= 4 is 8.53 Å². The molecule has 0 aliphatic carbocycles. The smallest absolute Gasteiger partial charge is 0.330 e. The van der Waals surface area contributed by atoms with E-state index in [0.717, 1.165) is 22.4 Å². The van der Waals surface area contributed by atoms with Gasteiger partial charge >= 0.3 is 5.69 Å². The summed E-state index contributed by atoms with van der Waals surface area (Å²) in [6.07, 6.45) is -0.131. The minimum atomic E-state index is -2.07. The Labute approximate surface area is 289 Å². The van der Waals surface area contributed by atoms with E-state index in [1.54, 1.807) is 18.8 Å². The Bertz CT molecular complexity index is 1720. The molecule has 0 radical (unpaired) electrons. The number of aryl methyl sites for hydroxylation is 1. The number of rotatable bonds is 14. The number of benzene rings is 3. The lowest BCUT2D eigenvalue weighted by Crippen LogP contribution is -2.49. The third kappa shape index (κ3) is 7.89. The summed E-state index contributed by atoms with van der Waals surface area (Å²) in [6, 6.07) is 28.6. The van der Waals surface area contributed by atoms with Crippen LogP contribution in [0.25, 0.3) is 0 Å². The second-order valence-corrected chi connectivity index (χ2v) is 14.2. The fraction of sp³-hybridized carbons (Fsp3) is 0.405. The lowest BCUT2D eigenvalue weighted by Gasteiger charge is -2.40. The summed E-state index contributed by atoms with van der Waals surface area (Å²) in [6.45, 7) is 10.2. The van der Waals surface area contributed by atoms with Crippen LogP contribution >= 0.6 is 8.53 Å². The van der Waals surface area contributed by atoms with Crippen LogP contribution in [0, 0.1) is 6.92 Å². The molecule has 5 rings (SSSR count). The SMILES string of the molecule is COc1ccc(C(NC[C@H]2O[C@@H](n3cc(C)c(=O)[nH]c3=O)C[C@@H]2OP(O)N(C)N(C(C)C)C(C)C)(c2ccccc2)c2ccccc2)cc1. The first-order chi connectivity index (χ1) is 23.5. The maximum atomic E-state index is 13.0. The minimum absolute atomic E-state index is 0.125. The Kier molecular flexibility index (Phi) is 11.9. The molecule has 262 valence electrons. The first-order valence-electron chi connectivity index (χ1n) is 16.6. The monoisotopic (exact) mass is 689 g/mol. The van der Waals surface area contributed by atoms with Gasteiger partial charge in [0.1, 0.15) is 12.0 Å². The molecule has 0 saturated carbocycles. The lowest BCUT2D eigenvalue weighted by atomic mass is 9.77. The number of H-pyrrole nitrogens is 1. The van der Waals surface area contributed by atoms with Gasteiger partial charge in [-0.05, 0) is 63.4 Å². The molecular weight excluding hydrogens is 641 g/mol. The Hall–Kier alpha value is -3.67. The van der Waals surface area contributed by atoms with Crippen molar-refractivity contribution in [3.05, 3.63) is 134 Å². The highest BCUT2D eigenvalue weighted by atomic mass is 31.2. The third-order valence-electron chi connectivity index (χ3n) is 9.01.